The molecular formula is C44H30N2. The Morgan fingerprint density at radius 2 is 0.630 bits per heavy atom. The van der Waals surface area contributed by atoms with Gasteiger partial charge in [-0.3, -0.25) is 0 Å². The van der Waals surface area contributed by atoms with Gasteiger partial charge in [0, 0.05) is 44.3 Å². The Bertz CT molecular complexity index is 2380. The Balaban J connectivity index is 1.42. The molecule has 0 saturated carbocycles. The van der Waals surface area contributed by atoms with Crippen LogP contribution in [0.2, 0.25) is 0 Å². The van der Waals surface area contributed by atoms with Gasteiger partial charge in [0.05, 0.1) is 11.4 Å². The average Bonchev–Trinajstić information content (AvgIpc) is 3.13. The van der Waals surface area contributed by atoms with Crippen LogP contribution in [0.5, 0.6) is 0 Å². The predicted molar refractivity (Wildman–Crippen MR) is 197 cm³/mol. The van der Waals surface area contributed by atoms with E-state index in [4.69, 9.17) is 0 Å². The minimum atomic E-state index is 1.13. The smallest absolute Gasteiger partial charge is 0.0546 e. The molecule has 0 aliphatic carbocycles. The molecule has 0 atom stereocenters. The van der Waals surface area contributed by atoms with Crippen LogP contribution in [0.3, 0.4) is 0 Å². The predicted octanol–water partition coefficient (Wildman–Crippen LogP) is 12.7. The van der Waals surface area contributed by atoms with Crippen molar-refractivity contribution in [3.05, 3.63) is 182 Å². The van der Waals surface area contributed by atoms with Gasteiger partial charge in [-0.1, -0.05) is 121 Å². The summed E-state index contributed by atoms with van der Waals surface area (Å²) in [5.41, 5.74) is 6.86. The largest absolute Gasteiger partial charge is 0.310 e. The number of anilines is 6. The second-order valence-corrected chi connectivity index (χ2v) is 11.7. The van der Waals surface area contributed by atoms with Crippen molar-refractivity contribution in [1.82, 2.24) is 0 Å². The lowest BCUT2D eigenvalue weighted by molar-refractivity contribution is 1.30. The molecule has 0 fully saturated rings. The zero-order valence-electron chi connectivity index (χ0n) is 25.2. The molecule has 0 N–H and O–H groups in total. The summed E-state index contributed by atoms with van der Waals surface area (Å²) >= 11 is 0. The molecule has 0 unspecified atom stereocenters. The third-order valence-electron chi connectivity index (χ3n) is 9.14. The van der Waals surface area contributed by atoms with Gasteiger partial charge in [0.25, 0.3) is 0 Å². The second kappa shape index (κ2) is 10.8. The van der Waals surface area contributed by atoms with E-state index in [1.165, 1.54) is 48.8 Å². The number of para-hydroxylation sites is 4. The van der Waals surface area contributed by atoms with Crippen LogP contribution < -0.4 is 9.80 Å². The van der Waals surface area contributed by atoms with Crippen molar-refractivity contribution < 1.29 is 0 Å². The highest BCUT2D eigenvalue weighted by molar-refractivity contribution is 6.37. The Kier molecular flexibility index (Phi) is 6.17. The van der Waals surface area contributed by atoms with E-state index in [2.05, 4.69) is 192 Å². The standard InChI is InChI=1S/C44H30N2/c1-5-15-32(16-6-1)45(33-17-7-2-8-18-33)40-30-28-38-36-23-13-14-24-37(36)44-41(29-26-31-25-27-39(40)43(38)42(31)44)46(34-19-9-3-10-20-34)35-21-11-4-12-22-35/h1-30H. The molecule has 46 heavy (non-hydrogen) atoms. The Labute approximate surface area is 268 Å². The van der Waals surface area contributed by atoms with Crippen LogP contribution >= 0.6 is 0 Å². The summed E-state index contributed by atoms with van der Waals surface area (Å²) in [5.74, 6) is 0. The van der Waals surface area contributed by atoms with E-state index >= 15 is 0 Å². The molecule has 216 valence electrons. The molecule has 9 aromatic rings. The monoisotopic (exact) mass is 586 g/mol. The van der Waals surface area contributed by atoms with Crippen LogP contribution in [-0.4, -0.2) is 0 Å². The minimum absolute atomic E-state index is 1.13. The highest BCUT2D eigenvalue weighted by atomic mass is 15.1. The van der Waals surface area contributed by atoms with Gasteiger partial charge >= 0.3 is 0 Å². The Morgan fingerprint density at radius 3 is 1.17 bits per heavy atom. The maximum Gasteiger partial charge on any atom is 0.0546 e. The third kappa shape index (κ3) is 4.12. The molecule has 9 aromatic carbocycles. The summed E-state index contributed by atoms with van der Waals surface area (Å²) in [5, 5.41) is 10.1. The molecule has 9 rings (SSSR count). The van der Waals surface area contributed by atoms with Crippen molar-refractivity contribution in [2.75, 3.05) is 9.80 Å². The first-order valence-corrected chi connectivity index (χ1v) is 15.8. The summed E-state index contributed by atoms with van der Waals surface area (Å²) in [4.78, 5) is 4.79. The summed E-state index contributed by atoms with van der Waals surface area (Å²) in [6, 6.07) is 65.6. The van der Waals surface area contributed by atoms with Gasteiger partial charge < -0.3 is 9.80 Å². The number of hydrogen-bond acceptors (Lipinski definition) is 2. The fourth-order valence-corrected chi connectivity index (χ4v) is 7.21. The van der Waals surface area contributed by atoms with E-state index in [1.807, 2.05) is 0 Å². The zero-order valence-corrected chi connectivity index (χ0v) is 25.2. The number of fused-ring (bicyclic) bond motifs is 3. The third-order valence-corrected chi connectivity index (χ3v) is 9.14. The first-order chi connectivity index (χ1) is 22.9. The van der Waals surface area contributed by atoms with Gasteiger partial charge in [-0.25, -0.2) is 0 Å². The molecule has 0 radical (unpaired) electrons. The number of nitrogens with zero attached hydrogens (tertiary/aromatic N) is 2. The molecule has 2 nitrogen and oxygen atoms in total. The van der Waals surface area contributed by atoms with Crippen molar-refractivity contribution in [1.29, 1.82) is 0 Å². The maximum absolute atomic E-state index is 2.40. The molecule has 0 spiro atoms. The van der Waals surface area contributed by atoms with Crippen LogP contribution in [0.15, 0.2) is 182 Å². The quantitative estimate of drug-likeness (QED) is 0.141. The van der Waals surface area contributed by atoms with Crippen LogP contribution in [0.4, 0.5) is 34.1 Å². The van der Waals surface area contributed by atoms with E-state index < -0.39 is 0 Å². The van der Waals surface area contributed by atoms with E-state index in [0.29, 0.717) is 0 Å². The van der Waals surface area contributed by atoms with Gasteiger partial charge in [0.1, 0.15) is 0 Å². The van der Waals surface area contributed by atoms with Crippen molar-refractivity contribution in [3.8, 4) is 0 Å². The van der Waals surface area contributed by atoms with Gasteiger partial charge in [-0.15, -0.1) is 0 Å². The van der Waals surface area contributed by atoms with Crippen LogP contribution in [0.25, 0.3) is 43.1 Å². The zero-order chi connectivity index (χ0) is 30.5. The summed E-state index contributed by atoms with van der Waals surface area (Å²) in [6.07, 6.45) is 0. The molecule has 0 bridgehead atoms. The first-order valence-electron chi connectivity index (χ1n) is 15.8. The molecule has 0 amide bonds. The second-order valence-electron chi connectivity index (χ2n) is 11.7. The molecule has 0 aromatic heterocycles. The molecule has 0 heterocycles. The number of rotatable bonds is 6. The molecule has 0 aliphatic rings. The lowest BCUT2D eigenvalue weighted by Crippen LogP contribution is -2.11. The number of hydrogen-bond donors (Lipinski definition) is 0. The highest BCUT2D eigenvalue weighted by Gasteiger charge is 2.23. The summed E-state index contributed by atoms with van der Waals surface area (Å²) in [7, 11) is 0. The van der Waals surface area contributed by atoms with Crippen LogP contribution in [0, 0.1) is 0 Å². The van der Waals surface area contributed by atoms with E-state index in [-0.39, 0.29) is 0 Å². The molecule has 0 aliphatic heterocycles. The topological polar surface area (TPSA) is 6.48 Å². The van der Waals surface area contributed by atoms with Gasteiger partial charge in [-0.2, -0.15) is 0 Å². The fourth-order valence-electron chi connectivity index (χ4n) is 7.21. The first kappa shape index (κ1) is 26.3. The minimum Gasteiger partial charge on any atom is -0.310 e. The van der Waals surface area contributed by atoms with Crippen molar-refractivity contribution in [3.63, 3.8) is 0 Å². The van der Waals surface area contributed by atoms with E-state index in [9.17, 15) is 0 Å². The fraction of sp³-hybridized carbons (Fsp3) is 0. The van der Waals surface area contributed by atoms with E-state index in [0.717, 1.165) is 28.4 Å². The summed E-state index contributed by atoms with van der Waals surface area (Å²) < 4.78 is 0. The van der Waals surface area contributed by atoms with E-state index in [1.54, 1.807) is 0 Å². The average molecular weight is 587 g/mol. The van der Waals surface area contributed by atoms with Crippen molar-refractivity contribution in [2.24, 2.45) is 0 Å². The normalized spacial score (nSPS) is 11.5. The Morgan fingerprint density at radius 1 is 0.239 bits per heavy atom. The summed E-state index contributed by atoms with van der Waals surface area (Å²) in [6.45, 7) is 0. The highest BCUT2D eigenvalue weighted by Crippen LogP contribution is 2.50. The maximum atomic E-state index is 2.40. The van der Waals surface area contributed by atoms with Gasteiger partial charge in [0.2, 0.25) is 0 Å². The number of benzene rings is 9. The van der Waals surface area contributed by atoms with Crippen LogP contribution in [0.1, 0.15) is 0 Å². The lowest BCUT2D eigenvalue weighted by Gasteiger charge is -2.30. The molecule has 2 heteroatoms. The van der Waals surface area contributed by atoms with Crippen molar-refractivity contribution in [2.45, 2.75) is 0 Å². The van der Waals surface area contributed by atoms with Crippen LogP contribution in [-0.2, 0) is 0 Å². The van der Waals surface area contributed by atoms with Gasteiger partial charge in [0.15, 0.2) is 0 Å². The lowest BCUT2D eigenvalue weighted by atomic mass is 9.87. The molecular weight excluding hydrogens is 556 g/mol. The van der Waals surface area contributed by atoms with Gasteiger partial charge in [-0.05, 0) is 82.2 Å². The van der Waals surface area contributed by atoms with Crippen molar-refractivity contribution >= 4 is 77.2 Å². The SMILES string of the molecule is c1ccc(N(c2ccccc2)c2ccc3c4ccccc4c4c(N(c5ccccc5)c5ccccc5)ccc5ccc2c3c54)cc1. The Hall–Kier alpha value is -6.12. The molecule has 0 saturated heterocycles.